The second-order valence-corrected chi connectivity index (χ2v) is 6.26. The maximum absolute atomic E-state index is 12.2. The summed E-state index contributed by atoms with van der Waals surface area (Å²) in [6.45, 7) is 4.15. The van der Waals surface area contributed by atoms with Crippen LogP contribution >= 0.6 is 0 Å². The first-order valence-corrected chi connectivity index (χ1v) is 8.09. The number of hydrogen-bond acceptors (Lipinski definition) is 4. The van der Waals surface area contributed by atoms with Gasteiger partial charge in [0.25, 0.3) is 5.56 Å². The van der Waals surface area contributed by atoms with E-state index in [0.717, 1.165) is 47.4 Å². The maximum atomic E-state index is 12.2. The third-order valence-corrected chi connectivity index (χ3v) is 4.63. The van der Waals surface area contributed by atoms with Crippen LogP contribution in [0.15, 0.2) is 29.2 Å². The second-order valence-electron chi connectivity index (χ2n) is 6.26. The fourth-order valence-electron chi connectivity index (χ4n) is 3.40. The van der Waals surface area contributed by atoms with Crippen LogP contribution in [0, 0.1) is 6.92 Å². The lowest BCUT2D eigenvalue weighted by atomic mass is 10.1. The first-order chi connectivity index (χ1) is 11.6. The number of H-pyrrole nitrogens is 2. The van der Waals surface area contributed by atoms with Crippen LogP contribution in [0.25, 0.3) is 10.9 Å². The number of rotatable bonds is 3. The minimum absolute atomic E-state index is 0.0113. The minimum Gasteiger partial charge on any atom is -0.497 e. The molecule has 3 heterocycles. The van der Waals surface area contributed by atoms with Gasteiger partial charge in [-0.1, -0.05) is 0 Å². The van der Waals surface area contributed by atoms with Gasteiger partial charge in [0, 0.05) is 43.2 Å². The summed E-state index contributed by atoms with van der Waals surface area (Å²) in [5.74, 6) is 1.54. The standard InChI is InChI=1S/C18H20N4O2/c1-11-20-17-5-6-22(10-15(17)18(23)21-11)9-12-8-19-16-4-3-13(24-2)7-14(12)16/h3-4,7-8,19H,5-6,9-10H2,1-2H3,(H,20,21,23). The lowest BCUT2D eigenvalue weighted by Crippen LogP contribution is -2.35. The Hall–Kier alpha value is -2.60. The van der Waals surface area contributed by atoms with Crippen molar-refractivity contribution in [3.63, 3.8) is 0 Å². The van der Waals surface area contributed by atoms with Crippen molar-refractivity contribution in [1.82, 2.24) is 19.9 Å². The fraction of sp³-hybridized carbons (Fsp3) is 0.333. The summed E-state index contributed by atoms with van der Waals surface area (Å²) in [5.41, 5.74) is 4.03. The Labute approximate surface area is 139 Å². The van der Waals surface area contributed by atoms with Crippen molar-refractivity contribution in [2.75, 3.05) is 13.7 Å². The minimum atomic E-state index is -0.0113. The number of aryl methyl sites for hydroxylation is 1. The number of nitrogens with one attached hydrogen (secondary N) is 2. The van der Waals surface area contributed by atoms with Crippen molar-refractivity contribution in [2.45, 2.75) is 26.4 Å². The zero-order chi connectivity index (χ0) is 16.7. The predicted octanol–water partition coefficient (Wildman–Crippen LogP) is 2.13. The third-order valence-electron chi connectivity index (χ3n) is 4.63. The van der Waals surface area contributed by atoms with Gasteiger partial charge in [-0.15, -0.1) is 0 Å². The molecule has 4 rings (SSSR count). The molecule has 0 amide bonds. The third kappa shape index (κ3) is 2.59. The Balaban J connectivity index is 1.61. The van der Waals surface area contributed by atoms with Crippen molar-refractivity contribution >= 4 is 10.9 Å². The summed E-state index contributed by atoms with van der Waals surface area (Å²) < 4.78 is 5.33. The summed E-state index contributed by atoms with van der Waals surface area (Å²) in [4.78, 5) is 25.1. The molecule has 0 spiro atoms. The number of hydrogen-bond donors (Lipinski definition) is 2. The highest BCUT2D eigenvalue weighted by Gasteiger charge is 2.21. The zero-order valence-corrected chi connectivity index (χ0v) is 13.8. The van der Waals surface area contributed by atoms with Crippen LogP contribution in [-0.4, -0.2) is 33.5 Å². The molecule has 1 aliphatic heterocycles. The van der Waals surface area contributed by atoms with Gasteiger partial charge in [0.15, 0.2) is 0 Å². The molecule has 0 bridgehead atoms. The summed E-state index contributed by atoms with van der Waals surface area (Å²) >= 11 is 0. The van der Waals surface area contributed by atoms with Crippen LogP contribution in [0.4, 0.5) is 0 Å². The smallest absolute Gasteiger partial charge is 0.255 e. The predicted molar refractivity (Wildman–Crippen MR) is 92.3 cm³/mol. The van der Waals surface area contributed by atoms with E-state index < -0.39 is 0 Å². The molecule has 124 valence electrons. The Morgan fingerprint density at radius 2 is 2.25 bits per heavy atom. The molecule has 0 atom stereocenters. The van der Waals surface area contributed by atoms with E-state index in [0.29, 0.717) is 12.4 Å². The number of aromatic amines is 2. The summed E-state index contributed by atoms with van der Waals surface area (Å²) in [5, 5.41) is 1.16. The van der Waals surface area contributed by atoms with E-state index in [1.54, 1.807) is 7.11 Å². The van der Waals surface area contributed by atoms with Crippen molar-refractivity contribution in [3.8, 4) is 5.75 Å². The molecule has 6 heteroatoms. The number of benzene rings is 1. The van der Waals surface area contributed by atoms with Crippen LogP contribution in [0.3, 0.4) is 0 Å². The van der Waals surface area contributed by atoms with Gasteiger partial charge in [-0.05, 0) is 30.7 Å². The second kappa shape index (κ2) is 5.79. The number of fused-ring (bicyclic) bond motifs is 2. The lowest BCUT2D eigenvalue weighted by molar-refractivity contribution is 0.242. The van der Waals surface area contributed by atoms with E-state index in [1.165, 1.54) is 5.56 Å². The Morgan fingerprint density at radius 1 is 1.38 bits per heavy atom. The average molecular weight is 324 g/mol. The molecular weight excluding hydrogens is 304 g/mol. The average Bonchev–Trinajstić information content (AvgIpc) is 2.97. The van der Waals surface area contributed by atoms with Crippen LogP contribution in [-0.2, 0) is 19.5 Å². The summed E-state index contributed by atoms with van der Waals surface area (Å²) in [7, 11) is 1.68. The molecule has 0 aliphatic carbocycles. The number of nitrogens with zero attached hydrogens (tertiary/aromatic N) is 2. The molecule has 6 nitrogen and oxygen atoms in total. The molecule has 2 aromatic heterocycles. The van der Waals surface area contributed by atoms with Crippen molar-refractivity contribution < 1.29 is 4.74 Å². The van der Waals surface area contributed by atoms with Crippen molar-refractivity contribution in [1.29, 1.82) is 0 Å². The van der Waals surface area contributed by atoms with Crippen LogP contribution < -0.4 is 10.3 Å². The van der Waals surface area contributed by atoms with E-state index in [1.807, 2.05) is 25.3 Å². The molecule has 24 heavy (non-hydrogen) atoms. The molecule has 0 saturated heterocycles. The van der Waals surface area contributed by atoms with E-state index in [9.17, 15) is 4.79 Å². The van der Waals surface area contributed by atoms with Gasteiger partial charge in [0.1, 0.15) is 11.6 Å². The maximum Gasteiger partial charge on any atom is 0.255 e. The molecule has 0 unspecified atom stereocenters. The molecular formula is C18H20N4O2. The summed E-state index contributed by atoms with van der Waals surface area (Å²) in [6.07, 6.45) is 2.85. The van der Waals surface area contributed by atoms with Crippen molar-refractivity contribution in [3.05, 3.63) is 57.4 Å². The number of methoxy groups -OCH3 is 1. The largest absolute Gasteiger partial charge is 0.497 e. The molecule has 0 fully saturated rings. The Bertz CT molecular complexity index is 957. The first kappa shape index (κ1) is 15.0. The topological polar surface area (TPSA) is 74.0 Å². The van der Waals surface area contributed by atoms with E-state index in [2.05, 4.69) is 25.9 Å². The van der Waals surface area contributed by atoms with Crippen LogP contribution in [0.1, 0.15) is 22.6 Å². The molecule has 0 saturated carbocycles. The normalized spacial score (nSPS) is 14.8. The Kier molecular flexibility index (Phi) is 3.61. The highest BCUT2D eigenvalue weighted by molar-refractivity contribution is 5.84. The summed E-state index contributed by atoms with van der Waals surface area (Å²) in [6, 6.07) is 6.03. The van der Waals surface area contributed by atoms with Gasteiger partial charge in [-0.3, -0.25) is 9.69 Å². The highest BCUT2D eigenvalue weighted by atomic mass is 16.5. The highest BCUT2D eigenvalue weighted by Crippen LogP contribution is 2.26. The molecule has 2 N–H and O–H groups in total. The van der Waals surface area contributed by atoms with Gasteiger partial charge in [-0.2, -0.15) is 0 Å². The van der Waals surface area contributed by atoms with Crippen LogP contribution in [0.2, 0.25) is 0 Å². The molecule has 0 radical (unpaired) electrons. The van der Waals surface area contributed by atoms with Crippen LogP contribution in [0.5, 0.6) is 5.75 Å². The van der Waals surface area contributed by atoms with Gasteiger partial charge in [-0.25, -0.2) is 4.98 Å². The zero-order valence-electron chi connectivity index (χ0n) is 13.8. The molecule has 3 aromatic rings. The van der Waals surface area contributed by atoms with Gasteiger partial charge < -0.3 is 14.7 Å². The van der Waals surface area contributed by atoms with E-state index in [4.69, 9.17) is 4.74 Å². The quantitative estimate of drug-likeness (QED) is 0.774. The first-order valence-electron chi connectivity index (χ1n) is 8.09. The lowest BCUT2D eigenvalue weighted by Gasteiger charge is -2.27. The van der Waals surface area contributed by atoms with Gasteiger partial charge >= 0.3 is 0 Å². The van der Waals surface area contributed by atoms with Crippen molar-refractivity contribution in [2.24, 2.45) is 0 Å². The van der Waals surface area contributed by atoms with E-state index in [-0.39, 0.29) is 5.56 Å². The van der Waals surface area contributed by atoms with Gasteiger partial charge in [0.05, 0.1) is 18.4 Å². The number of ether oxygens (including phenoxy) is 1. The number of aromatic nitrogens is 3. The Morgan fingerprint density at radius 3 is 3.08 bits per heavy atom. The fourth-order valence-corrected chi connectivity index (χ4v) is 3.40. The molecule has 1 aliphatic rings. The molecule has 1 aromatic carbocycles. The van der Waals surface area contributed by atoms with E-state index >= 15 is 0 Å². The monoisotopic (exact) mass is 324 g/mol. The van der Waals surface area contributed by atoms with Gasteiger partial charge in [0.2, 0.25) is 0 Å². The SMILES string of the molecule is COc1ccc2[nH]cc(CN3CCc4nc(C)[nH]c(=O)c4C3)c2c1.